The quantitative estimate of drug-likeness (QED) is 0.498. The Morgan fingerprint density at radius 2 is 2.00 bits per heavy atom. The lowest BCUT2D eigenvalue weighted by molar-refractivity contribution is 0.160. The van der Waals surface area contributed by atoms with Crippen LogP contribution in [0, 0.1) is 0 Å². The first-order valence-electron chi connectivity index (χ1n) is 6.77. The van der Waals surface area contributed by atoms with E-state index in [1.54, 1.807) is 0 Å². The molecule has 1 aromatic carbocycles. The van der Waals surface area contributed by atoms with Gasteiger partial charge in [0.25, 0.3) is 0 Å². The van der Waals surface area contributed by atoms with E-state index in [4.69, 9.17) is 9.16 Å². The molecule has 2 nitrogen and oxygen atoms in total. The zero-order valence-electron chi connectivity index (χ0n) is 11.5. The maximum Gasteiger partial charge on any atom is 0.237 e. The summed E-state index contributed by atoms with van der Waals surface area (Å²) in [5.41, 5.74) is 1.09. The molecule has 0 aliphatic rings. The van der Waals surface area contributed by atoms with E-state index < -0.39 is 9.04 Å². The van der Waals surface area contributed by atoms with Crippen LogP contribution >= 0.6 is 0 Å². The van der Waals surface area contributed by atoms with E-state index in [-0.39, 0.29) is 0 Å². The number of benzene rings is 1. The average Bonchev–Trinajstić information content (AvgIpc) is 2.40. The Morgan fingerprint density at radius 1 is 1.22 bits per heavy atom. The highest BCUT2D eigenvalue weighted by molar-refractivity contribution is 6.52. The molecule has 0 fully saturated rings. The van der Waals surface area contributed by atoms with Gasteiger partial charge in [-0.15, -0.1) is 0 Å². The van der Waals surface area contributed by atoms with Crippen LogP contribution in [-0.2, 0) is 4.74 Å². The van der Waals surface area contributed by atoms with Gasteiger partial charge in [-0.2, -0.15) is 0 Å². The third kappa shape index (κ3) is 5.06. The summed E-state index contributed by atoms with van der Waals surface area (Å²) in [6.45, 7) is 9.69. The molecule has 0 spiro atoms. The number of hydrogen-bond donors (Lipinski definition) is 0. The molecule has 0 aromatic heterocycles. The molecule has 0 radical (unpaired) electrons. The molecular formula is C15H24O2Si. The fraction of sp³-hybridized carbons (Fsp3) is 0.467. The van der Waals surface area contributed by atoms with Crippen LogP contribution in [0.5, 0.6) is 5.75 Å². The second-order valence-corrected chi connectivity index (χ2v) is 6.89. The highest BCUT2D eigenvalue weighted by Gasteiger charge is 2.13. The Kier molecular flexibility index (Phi) is 7.45. The number of ether oxygens (including phenoxy) is 1. The van der Waals surface area contributed by atoms with Gasteiger partial charge in [-0.25, -0.2) is 0 Å². The molecule has 0 saturated carbocycles. The van der Waals surface area contributed by atoms with Crippen LogP contribution < -0.4 is 4.43 Å². The van der Waals surface area contributed by atoms with Crippen LogP contribution in [-0.4, -0.2) is 22.3 Å². The van der Waals surface area contributed by atoms with Gasteiger partial charge in [0.15, 0.2) is 0 Å². The van der Waals surface area contributed by atoms with Gasteiger partial charge in [0, 0.05) is 18.8 Å². The predicted molar refractivity (Wildman–Crippen MR) is 80.7 cm³/mol. The molecule has 0 N–H and O–H groups in total. The molecule has 1 rings (SSSR count). The van der Waals surface area contributed by atoms with Crippen molar-refractivity contribution in [2.75, 3.05) is 13.2 Å². The summed E-state index contributed by atoms with van der Waals surface area (Å²) in [5, 5.41) is 0. The normalized spacial score (nSPS) is 12.1. The molecule has 0 bridgehead atoms. The first-order chi connectivity index (χ1) is 8.81. The Labute approximate surface area is 112 Å². The third-order valence-electron chi connectivity index (χ3n) is 2.83. The summed E-state index contributed by atoms with van der Waals surface area (Å²) in [6, 6.07) is 10.4. The minimum atomic E-state index is -1.21. The van der Waals surface area contributed by atoms with E-state index in [1.807, 2.05) is 37.3 Å². The lowest BCUT2D eigenvalue weighted by Crippen LogP contribution is -2.23. The van der Waals surface area contributed by atoms with Gasteiger partial charge in [-0.3, -0.25) is 0 Å². The van der Waals surface area contributed by atoms with Gasteiger partial charge in [0.2, 0.25) is 9.04 Å². The molecule has 0 heterocycles. The van der Waals surface area contributed by atoms with Crippen molar-refractivity contribution in [3.63, 3.8) is 0 Å². The Hall–Kier alpha value is -1.06. The largest absolute Gasteiger partial charge is 0.546 e. The van der Waals surface area contributed by atoms with Crippen molar-refractivity contribution in [1.29, 1.82) is 0 Å². The number of para-hydroxylation sites is 1. The van der Waals surface area contributed by atoms with Crippen LogP contribution in [0.4, 0.5) is 0 Å². The molecule has 0 aliphatic carbocycles. The third-order valence-corrected chi connectivity index (χ3v) is 5.52. The van der Waals surface area contributed by atoms with E-state index in [0.29, 0.717) is 0 Å². The van der Waals surface area contributed by atoms with Gasteiger partial charge >= 0.3 is 0 Å². The maximum absolute atomic E-state index is 6.21. The monoisotopic (exact) mass is 264 g/mol. The fourth-order valence-electron chi connectivity index (χ4n) is 1.88. The standard InChI is InChI=1S/C15H24O2Si/c1-4-12-18(13-11-16-6-3)17-15-10-8-7-9-14(15)5-2/h5,7-10,18H,2,4,6,11-13H2,1,3H3. The first kappa shape index (κ1) is 15.0. The van der Waals surface area contributed by atoms with Gasteiger partial charge < -0.3 is 9.16 Å². The highest BCUT2D eigenvalue weighted by Crippen LogP contribution is 2.21. The lowest BCUT2D eigenvalue weighted by Gasteiger charge is -2.18. The molecule has 18 heavy (non-hydrogen) atoms. The summed E-state index contributed by atoms with van der Waals surface area (Å²) in [5.74, 6) is 0.981. The smallest absolute Gasteiger partial charge is 0.237 e. The molecule has 0 saturated heterocycles. The van der Waals surface area contributed by atoms with Crippen molar-refractivity contribution in [1.82, 2.24) is 0 Å². The van der Waals surface area contributed by atoms with Crippen LogP contribution in [0.2, 0.25) is 12.1 Å². The van der Waals surface area contributed by atoms with E-state index in [1.165, 1.54) is 12.5 Å². The summed E-state index contributed by atoms with van der Waals surface area (Å²) >= 11 is 0. The molecule has 1 aromatic rings. The molecular weight excluding hydrogens is 240 g/mol. The Morgan fingerprint density at radius 3 is 2.67 bits per heavy atom. The van der Waals surface area contributed by atoms with E-state index in [2.05, 4.69) is 13.5 Å². The molecule has 1 atom stereocenters. The van der Waals surface area contributed by atoms with Crippen molar-refractivity contribution in [3.05, 3.63) is 36.4 Å². The van der Waals surface area contributed by atoms with Crippen molar-refractivity contribution in [3.8, 4) is 5.75 Å². The molecule has 1 unspecified atom stereocenters. The van der Waals surface area contributed by atoms with Gasteiger partial charge in [0.05, 0.1) is 0 Å². The van der Waals surface area contributed by atoms with E-state index in [0.717, 1.165) is 30.6 Å². The second-order valence-electron chi connectivity index (χ2n) is 4.26. The molecule has 0 amide bonds. The van der Waals surface area contributed by atoms with Crippen LogP contribution in [0.1, 0.15) is 25.8 Å². The number of hydrogen-bond acceptors (Lipinski definition) is 2. The second kappa shape index (κ2) is 8.95. The summed E-state index contributed by atoms with van der Waals surface area (Å²) in [4.78, 5) is 0. The molecule has 0 aliphatic heterocycles. The van der Waals surface area contributed by atoms with Gasteiger partial charge in [-0.05, 0) is 25.1 Å². The lowest BCUT2D eigenvalue weighted by atomic mass is 10.2. The van der Waals surface area contributed by atoms with Crippen LogP contribution in [0.15, 0.2) is 30.8 Å². The van der Waals surface area contributed by atoms with Crippen molar-refractivity contribution in [2.24, 2.45) is 0 Å². The SMILES string of the molecule is C=Cc1ccccc1O[SiH](CCC)CCOCC. The van der Waals surface area contributed by atoms with Crippen LogP contribution in [0.25, 0.3) is 6.08 Å². The van der Waals surface area contributed by atoms with Gasteiger partial charge in [-0.1, -0.05) is 44.2 Å². The Bertz CT molecular complexity index is 352. The van der Waals surface area contributed by atoms with Crippen molar-refractivity contribution >= 4 is 15.1 Å². The maximum atomic E-state index is 6.21. The van der Waals surface area contributed by atoms with E-state index >= 15 is 0 Å². The Balaban J connectivity index is 2.60. The minimum absolute atomic E-state index is 0.788. The van der Waals surface area contributed by atoms with E-state index in [9.17, 15) is 0 Å². The van der Waals surface area contributed by atoms with Gasteiger partial charge in [0.1, 0.15) is 5.75 Å². The van der Waals surface area contributed by atoms with Crippen molar-refractivity contribution < 1.29 is 9.16 Å². The summed E-state index contributed by atoms with van der Waals surface area (Å²) < 4.78 is 11.7. The summed E-state index contributed by atoms with van der Waals surface area (Å²) in [7, 11) is -1.21. The van der Waals surface area contributed by atoms with Crippen molar-refractivity contribution in [2.45, 2.75) is 32.4 Å². The average molecular weight is 264 g/mol. The number of rotatable bonds is 9. The van der Waals surface area contributed by atoms with Crippen LogP contribution in [0.3, 0.4) is 0 Å². The predicted octanol–water partition coefficient (Wildman–Crippen LogP) is 3.88. The first-order valence-corrected chi connectivity index (χ1v) is 8.88. The molecule has 100 valence electrons. The zero-order valence-corrected chi connectivity index (χ0v) is 12.7. The minimum Gasteiger partial charge on any atom is -0.546 e. The summed E-state index contributed by atoms with van der Waals surface area (Å²) in [6.07, 6.45) is 3.04. The highest BCUT2D eigenvalue weighted by atomic mass is 28.3. The molecule has 3 heteroatoms. The zero-order chi connectivity index (χ0) is 13.2. The fourth-order valence-corrected chi connectivity index (χ4v) is 4.05. The topological polar surface area (TPSA) is 18.5 Å².